The van der Waals surface area contributed by atoms with Crippen molar-refractivity contribution in [2.75, 3.05) is 14.2 Å². The molecule has 0 spiro atoms. The molecule has 1 aliphatic heterocycles. The van der Waals surface area contributed by atoms with Gasteiger partial charge in [0, 0.05) is 19.4 Å². The van der Waals surface area contributed by atoms with E-state index in [2.05, 4.69) is 4.99 Å². The first-order chi connectivity index (χ1) is 5.27. The Morgan fingerprint density at radius 2 is 2.27 bits per heavy atom. The van der Waals surface area contributed by atoms with Crippen molar-refractivity contribution in [2.24, 2.45) is 4.99 Å². The number of methoxy groups -OCH3 is 2. The smallest absolute Gasteiger partial charge is 0.216 e. The van der Waals surface area contributed by atoms with Crippen molar-refractivity contribution in [3.8, 4) is 0 Å². The van der Waals surface area contributed by atoms with Gasteiger partial charge < -0.3 is 9.47 Å². The highest BCUT2D eigenvalue weighted by Crippen LogP contribution is 2.05. The molecule has 0 fully saturated rings. The molecule has 0 aromatic rings. The van der Waals surface area contributed by atoms with Crippen molar-refractivity contribution < 1.29 is 14.3 Å². The van der Waals surface area contributed by atoms with Crippen LogP contribution in [0.4, 0.5) is 0 Å². The van der Waals surface area contributed by atoms with E-state index in [0.29, 0.717) is 5.88 Å². The number of carbonyl (C=O) groups is 1. The fourth-order valence-corrected chi connectivity index (χ4v) is 0.744. The van der Waals surface area contributed by atoms with E-state index >= 15 is 0 Å². The van der Waals surface area contributed by atoms with Crippen molar-refractivity contribution in [1.29, 1.82) is 0 Å². The molecule has 1 atom stereocenters. The molecule has 0 saturated heterocycles. The molecule has 4 heteroatoms. The minimum Gasteiger partial charge on any atom is -0.481 e. The first-order valence-electron chi connectivity index (χ1n) is 3.14. The number of nitrogens with zero attached hydrogens (tertiary/aromatic N) is 1. The molecule has 0 aromatic heterocycles. The zero-order valence-corrected chi connectivity index (χ0v) is 6.40. The van der Waals surface area contributed by atoms with Crippen LogP contribution in [0.1, 0.15) is 0 Å². The highest BCUT2D eigenvalue weighted by molar-refractivity contribution is 6.06. The molecular weight excluding hydrogens is 146 g/mol. The number of aliphatic imine (C=N–C) groups is 1. The topological polar surface area (TPSA) is 47.9 Å². The van der Waals surface area contributed by atoms with Crippen LogP contribution in [0.15, 0.2) is 17.0 Å². The molecule has 0 bridgehead atoms. The van der Waals surface area contributed by atoms with Crippen LogP contribution in [-0.4, -0.2) is 32.3 Å². The minimum absolute atomic E-state index is 0.139. The van der Waals surface area contributed by atoms with Gasteiger partial charge in [0.2, 0.25) is 5.88 Å². The van der Waals surface area contributed by atoms with Gasteiger partial charge in [-0.3, -0.25) is 4.79 Å². The van der Waals surface area contributed by atoms with E-state index in [4.69, 9.17) is 9.47 Å². The van der Waals surface area contributed by atoms with E-state index < -0.39 is 6.10 Å². The van der Waals surface area contributed by atoms with E-state index in [0.717, 1.165) is 0 Å². The molecule has 0 amide bonds. The average Bonchev–Trinajstić information content (AvgIpc) is 2.04. The van der Waals surface area contributed by atoms with Crippen LogP contribution >= 0.6 is 0 Å². The maximum atomic E-state index is 11.0. The van der Waals surface area contributed by atoms with Gasteiger partial charge in [-0.25, -0.2) is 4.99 Å². The SMILES string of the molecule is COC1=CC(=O)C(OC)C=N1. The Bertz CT molecular complexity index is 220. The molecule has 0 aliphatic carbocycles. The Morgan fingerprint density at radius 1 is 1.55 bits per heavy atom. The van der Waals surface area contributed by atoms with Crippen molar-refractivity contribution in [3.63, 3.8) is 0 Å². The van der Waals surface area contributed by atoms with Crippen molar-refractivity contribution in [1.82, 2.24) is 0 Å². The predicted octanol–water partition coefficient (Wildman–Crippen LogP) is 0.143. The summed E-state index contributed by atoms with van der Waals surface area (Å²) in [6.45, 7) is 0. The van der Waals surface area contributed by atoms with Gasteiger partial charge in [0.1, 0.15) is 0 Å². The maximum Gasteiger partial charge on any atom is 0.216 e. The summed E-state index contributed by atoms with van der Waals surface area (Å²) < 4.78 is 9.54. The standard InChI is InChI=1S/C7H9NO3/c1-10-6-4-8-7(11-2)3-5(6)9/h3-4,6H,1-2H3. The number of carbonyl (C=O) groups excluding carboxylic acids is 1. The molecule has 0 N–H and O–H groups in total. The average molecular weight is 155 g/mol. The Labute approximate surface area is 64.5 Å². The Hall–Kier alpha value is -1.16. The molecule has 60 valence electrons. The molecule has 1 aliphatic rings. The normalized spacial score (nSPS) is 23.3. The van der Waals surface area contributed by atoms with Gasteiger partial charge in [-0.05, 0) is 0 Å². The number of rotatable bonds is 2. The quantitative estimate of drug-likeness (QED) is 0.570. The number of ketones is 1. The van der Waals surface area contributed by atoms with Gasteiger partial charge in [-0.2, -0.15) is 0 Å². The van der Waals surface area contributed by atoms with Crippen LogP contribution < -0.4 is 0 Å². The molecule has 11 heavy (non-hydrogen) atoms. The second kappa shape index (κ2) is 3.30. The summed E-state index contributed by atoms with van der Waals surface area (Å²) in [7, 11) is 2.92. The minimum atomic E-state index is -0.547. The van der Waals surface area contributed by atoms with Crippen LogP contribution in [0.3, 0.4) is 0 Å². The number of ether oxygens (including phenoxy) is 2. The van der Waals surface area contributed by atoms with Crippen molar-refractivity contribution in [3.05, 3.63) is 12.0 Å². The fraction of sp³-hybridized carbons (Fsp3) is 0.429. The third kappa shape index (κ3) is 1.65. The van der Waals surface area contributed by atoms with E-state index in [1.54, 1.807) is 0 Å². The lowest BCUT2D eigenvalue weighted by Crippen LogP contribution is -2.25. The summed E-state index contributed by atoms with van der Waals surface area (Å²) >= 11 is 0. The van der Waals surface area contributed by atoms with Gasteiger partial charge in [-0.1, -0.05) is 0 Å². The summed E-state index contributed by atoms with van der Waals surface area (Å²) in [5.74, 6) is 0.183. The summed E-state index contributed by atoms with van der Waals surface area (Å²) in [5.41, 5.74) is 0. The third-order valence-corrected chi connectivity index (χ3v) is 1.35. The van der Waals surface area contributed by atoms with Crippen molar-refractivity contribution >= 4 is 12.0 Å². The first kappa shape index (κ1) is 7.94. The monoisotopic (exact) mass is 155 g/mol. The zero-order valence-electron chi connectivity index (χ0n) is 6.40. The van der Waals surface area contributed by atoms with Crippen LogP contribution in [0, 0.1) is 0 Å². The molecule has 0 radical (unpaired) electrons. The van der Waals surface area contributed by atoms with E-state index in [1.165, 1.54) is 26.5 Å². The summed E-state index contributed by atoms with van der Waals surface area (Å²) in [5, 5.41) is 0. The second-order valence-corrected chi connectivity index (χ2v) is 2.02. The third-order valence-electron chi connectivity index (χ3n) is 1.35. The van der Waals surface area contributed by atoms with Crippen LogP contribution in [0.2, 0.25) is 0 Å². The Morgan fingerprint density at radius 3 is 2.73 bits per heavy atom. The predicted molar refractivity (Wildman–Crippen MR) is 39.4 cm³/mol. The highest BCUT2D eigenvalue weighted by Gasteiger charge is 2.17. The molecule has 1 unspecified atom stereocenters. The Balaban J connectivity index is 2.71. The van der Waals surface area contributed by atoms with Crippen molar-refractivity contribution in [2.45, 2.75) is 6.10 Å². The fourth-order valence-electron chi connectivity index (χ4n) is 0.744. The largest absolute Gasteiger partial charge is 0.481 e. The van der Waals surface area contributed by atoms with Gasteiger partial charge >= 0.3 is 0 Å². The van der Waals surface area contributed by atoms with Gasteiger partial charge in [0.05, 0.1) is 7.11 Å². The van der Waals surface area contributed by atoms with E-state index in [1.807, 2.05) is 0 Å². The number of hydrogen-bond acceptors (Lipinski definition) is 4. The van der Waals surface area contributed by atoms with Gasteiger partial charge in [0.15, 0.2) is 11.9 Å². The first-order valence-corrected chi connectivity index (χ1v) is 3.14. The van der Waals surface area contributed by atoms with E-state index in [9.17, 15) is 4.79 Å². The molecular formula is C7H9NO3. The summed E-state index contributed by atoms with van der Waals surface area (Å²) in [6, 6.07) is 0. The molecule has 0 saturated carbocycles. The number of hydrogen-bond donors (Lipinski definition) is 0. The molecule has 4 nitrogen and oxygen atoms in total. The highest BCUT2D eigenvalue weighted by atomic mass is 16.5. The van der Waals surface area contributed by atoms with Gasteiger partial charge in [0.25, 0.3) is 0 Å². The second-order valence-electron chi connectivity index (χ2n) is 2.02. The van der Waals surface area contributed by atoms with Crippen LogP contribution in [-0.2, 0) is 14.3 Å². The lowest BCUT2D eigenvalue weighted by molar-refractivity contribution is -0.120. The summed E-state index contributed by atoms with van der Waals surface area (Å²) in [6.07, 6.45) is 2.18. The lowest BCUT2D eigenvalue weighted by atomic mass is 10.2. The maximum absolute atomic E-state index is 11.0. The zero-order chi connectivity index (χ0) is 8.27. The van der Waals surface area contributed by atoms with Crippen LogP contribution in [0.5, 0.6) is 0 Å². The lowest BCUT2D eigenvalue weighted by Gasteiger charge is -2.10. The Kier molecular flexibility index (Phi) is 2.38. The van der Waals surface area contributed by atoms with Crippen LogP contribution in [0.25, 0.3) is 0 Å². The molecule has 0 aromatic carbocycles. The van der Waals surface area contributed by atoms with E-state index in [-0.39, 0.29) is 5.78 Å². The van der Waals surface area contributed by atoms with Gasteiger partial charge in [-0.15, -0.1) is 0 Å². The molecule has 1 heterocycles. The summed E-state index contributed by atoms with van der Waals surface area (Å²) in [4.78, 5) is 14.8. The molecule has 1 rings (SSSR count).